The van der Waals surface area contributed by atoms with Crippen molar-refractivity contribution >= 4 is 17.9 Å². The van der Waals surface area contributed by atoms with Crippen LogP contribution in [-0.4, -0.2) is 62.0 Å². The fraction of sp³-hybridized carbons (Fsp3) is 0.462. The molecule has 9 heteroatoms. The van der Waals surface area contributed by atoms with Gasteiger partial charge in [-0.15, -0.1) is 0 Å². The molecule has 0 saturated heterocycles. The molecule has 0 amide bonds. The number of carbonyl (C=O) groups is 3. The summed E-state index contributed by atoms with van der Waals surface area (Å²) < 4.78 is 26.8. The van der Waals surface area contributed by atoms with Crippen molar-refractivity contribution in [3.05, 3.63) is 59.9 Å². The average molecular weight is 488 g/mol. The Hall–Kier alpha value is -3.30. The summed E-state index contributed by atoms with van der Waals surface area (Å²) in [6, 6.07) is 9.81. The lowest BCUT2D eigenvalue weighted by atomic mass is 10.2. The Morgan fingerprint density at radius 2 is 1.57 bits per heavy atom. The molecule has 0 aliphatic carbocycles. The van der Waals surface area contributed by atoms with Crippen LogP contribution in [0.1, 0.15) is 60.2 Å². The van der Waals surface area contributed by atoms with Crippen molar-refractivity contribution in [2.24, 2.45) is 0 Å². The van der Waals surface area contributed by atoms with Gasteiger partial charge in [-0.3, -0.25) is 9.78 Å². The van der Waals surface area contributed by atoms with Crippen molar-refractivity contribution in [3.8, 4) is 5.75 Å². The van der Waals surface area contributed by atoms with Crippen LogP contribution in [0.3, 0.4) is 0 Å². The highest BCUT2D eigenvalue weighted by Gasteiger charge is 2.14. The molecule has 0 bridgehead atoms. The van der Waals surface area contributed by atoms with E-state index in [1.807, 2.05) is 6.92 Å². The van der Waals surface area contributed by atoms with E-state index in [4.69, 9.17) is 23.7 Å². The van der Waals surface area contributed by atoms with E-state index in [1.165, 1.54) is 13.1 Å². The molecule has 9 nitrogen and oxygen atoms in total. The zero-order valence-electron chi connectivity index (χ0n) is 20.3. The van der Waals surface area contributed by atoms with Gasteiger partial charge in [-0.25, -0.2) is 9.59 Å². The molecule has 0 saturated carbocycles. The Kier molecular flexibility index (Phi) is 13.1. The minimum absolute atomic E-state index is 0.0568. The lowest BCUT2D eigenvalue weighted by molar-refractivity contribution is -0.131. The van der Waals surface area contributed by atoms with Crippen LogP contribution in [-0.2, 0) is 23.7 Å². The van der Waals surface area contributed by atoms with Crippen molar-refractivity contribution in [2.75, 3.05) is 33.0 Å². The smallest absolute Gasteiger partial charge is 0.341 e. The highest BCUT2D eigenvalue weighted by atomic mass is 16.6. The van der Waals surface area contributed by atoms with E-state index in [2.05, 4.69) is 4.98 Å². The first-order valence-electron chi connectivity index (χ1n) is 11.7. The first kappa shape index (κ1) is 27.9. The standard InChI is InChI=1S/C26H33NO8/c1-20(9-6-16-33-25(29)22-10-5-13-27-19-22)32-17-7-14-31-15-8-18-34-26(30)23-11-3-4-12-24(23)35-21(2)28/h3-5,10-13,19-20H,6-9,14-18H2,1-2H3. The van der Waals surface area contributed by atoms with Gasteiger partial charge in [0.1, 0.15) is 11.3 Å². The fourth-order valence-electron chi connectivity index (χ4n) is 3.02. The molecule has 0 fully saturated rings. The molecule has 2 rings (SSSR count). The number of carbonyl (C=O) groups excluding carboxylic acids is 3. The Bertz CT molecular complexity index is 919. The first-order chi connectivity index (χ1) is 17.0. The second-order valence-corrected chi connectivity index (χ2v) is 7.75. The van der Waals surface area contributed by atoms with Crippen LogP contribution in [0.4, 0.5) is 0 Å². The zero-order chi connectivity index (χ0) is 25.3. The number of hydrogen-bond donors (Lipinski definition) is 0. The van der Waals surface area contributed by atoms with E-state index in [-0.39, 0.29) is 30.0 Å². The summed E-state index contributed by atoms with van der Waals surface area (Å²) in [7, 11) is 0. The maximum atomic E-state index is 12.2. The van der Waals surface area contributed by atoms with E-state index in [0.29, 0.717) is 44.8 Å². The fourth-order valence-corrected chi connectivity index (χ4v) is 3.02. The van der Waals surface area contributed by atoms with Crippen molar-refractivity contribution < 1.29 is 38.1 Å². The van der Waals surface area contributed by atoms with Gasteiger partial charge >= 0.3 is 17.9 Å². The Balaban J connectivity index is 1.44. The molecule has 1 aromatic carbocycles. The number of aromatic nitrogens is 1. The van der Waals surface area contributed by atoms with E-state index in [9.17, 15) is 14.4 Å². The molecule has 0 aliphatic heterocycles. The molecule has 0 radical (unpaired) electrons. The predicted octanol–water partition coefficient (Wildman–Crippen LogP) is 4.00. The molecule has 1 atom stereocenters. The molecule has 0 N–H and O–H groups in total. The van der Waals surface area contributed by atoms with Crippen LogP contribution < -0.4 is 4.74 Å². The quantitative estimate of drug-likeness (QED) is 0.197. The van der Waals surface area contributed by atoms with Crippen molar-refractivity contribution in [1.29, 1.82) is 0 Å². The summed E-state index contributed by atoms with van der Waals surface area (Å²) in [4.78, 5) is 39.0. The van der Waals surface area contributed by atoms with E-state index < -0.39 is 11.9 Å². The second-order valence-electron chi connectivity index (χ2n) is 7.75. The van der Waals surface area contributed by atoms with Gasteiger partial charge in [0, 0.05) is 45.6 Å². The molecule has 0 aliphatic rings. The predicted molar refractivity (Wildman–Crippen MR) is 127 cm³/mol. The van der Waals surface area contributed by atoms with Crippen LogP contribution in [0.5, 0.6) is 5.75 Å². The van der Waals surface area contributed by atoms with Gasteiger partial charge in [0.25, 0.3) is 0 Å². The molecule has 190 valence electrons. The lowest BCUT2D eigenvalue weighted by Gasteiger charge is -2.13. The van der Waals surface area contributed by atoms with Gasteiger partial charge in [-0.05, 0) is 50.5 Å². The summed E-state index contributed by atoms with van der Waals surface area (Å²) >= 11 is 0. The summed E-state index contributed by atoms with van der Waals surface area (Å²) in [5.41, 5.74) is 0.654. The van der Waals surface area contributed by atoms with Crippen LogP contribution >= 0.6 is 0 Å². The minimum atomic E-state index is -0.545. The lowest BCUT2D eigenvalue weighted by Crippen LogP contribution is -2.14. The summed E-state index contributed by atoms with van der Waals surface area (Å²) in [6.45, 7) is 5.36. The maximum Gasteiger partial charge on any atom is 0.341 e. The molecule has 35 heavy (non-hydrogen) atoms. The summed E-state index contributed by atoms with van der Waals surface area (Å²) in [5.74, 6) is -1.23. The topological polar surface area (TPSA) is 110 Å². The monoisotopic (exact) mass is 487 g/mol. The molecular formula is C26H33NO8. The third-order valence-corrected chi connectivity index (χ3v) is 4.75. The number of nitrogens with zero attached hydrogens (tertiary/aromatic N) is 1. The SMILES string of the molecule is CC(=O)Oc1ccccc1C(=O)OCCCOCCCOC(C)CCCOC(=O)c1cccnc1. The Labute approximate surface area is 205 Å². The number of ether oxygens (including phenoxy) is 5. The summed E-state index contributed by atoms with van der Waals surface area (Å²) in [5, 5.41) is 0. The minimum Gasteiger partial charge on any atom is -0.462 e. The highest BCUT2D eigenvalue weighted by Crippen LogP contribution is 2.19. The van der Waals surface area contributed by atoms with Gasteiger partial charge in [0.15, 0.2) is 0 Å². The first-order valence-corrected chi connectivity index (χ1v) is 11.7. The number of benzene rings is 1. The highest BCUT2D eigenvalue weighted by molar-refractivity contribution is 5.93. The molecule has 2 aromatic rings. The third kappa shape index (κ3) is 11.6. The van der Waals surface area contributed by atoms with Gasteiger partial charge in [0.05, 0.1) is 24.9 Å². The second kappa shape index (κ2) is 16.3. The van der Waals surface area contributed by atoms with E-state index in [1.54, 1.807) is 42.6 Å². The van der Waals surface area contributed by atoms with Crippen LogP contribution in [0.25, 0.3) is 0 Å². The molecule has 1 heterocycles. The van der Waals surface area contributed by atoms with Crippen molar-refractivity contribution in [2.45, 2.75) is 45.6 Å². The average Bonchev–Trinajstić information content (AvgIpc) is 2.85. The Morgan fingerprint density at radius 3 is 2.31 bits per heavy atom. The number of pyridine rings is 1. The molecule has 1 unspecified atom stereocenters. The third-order valence-electron chi connectivity index (χ3n) is 4.75. The van der Waals surface area contributed by atoms with E-state index in [0.717, 1.165) is 12.8 Å². The Morgan fingerprint density at radius 1 is 0.857 bits per heavy atom. The van der Waals surface area contributed by atoms with Crippen LogP contribution in [0.15, 0.2) is 48.8 Å². The van der Waals surface area contributed by atoms with Crippen molar-refractivity contribution in [3.63, 3.8) is 0 Å². The maximum absolute atomic E-state index is 12.2. The van der Waals surface area contributed by atoms with E-state index >= 15 is 0 Å². The van der Waals surface area contributed by atoms with Crippen molar-refractivity contribution in [1.82, 2.24) is 4.98 Å². The van der Waals surface area contributed by atoms with Gasteiger partial charge in [-0.2, -0.15) is 0 Å². The van der Waals surface area contributed by atoms with Gasteiger partial charge in [0.2, 0.25) is 0 Å². The largest absolute Gasteiger partial charge is 0.462 e. The van der Waals surface area contributed by atoms with Crippen LogP contribution in [0.2, 0.25) is 0 Å². The molecule has 0 spiro atoms. The van der Waals surface area contributed by atoms with Crippen LogP contribution in [0, 0.1) is 0 Å². The number of esters is 3. The number of hydrogen-bond acceptors (Lipinski definition) is 9. The van der Waals surface area contributed by atoms with Gasteiger partial charge in [-0.1, -0.05) is 12.1 Å². The number of rotatable bonds is 16. The number of para-hydroxylation sites is 1. The summed E-state index contributed by atoms with van der Waals surface area (Å²) in [6.07, 6.45) is 5.94. The van der Waals surface area contributed by atoms with Gasteiger partial charge < -0.3 is 23.7 Å². The zero-order valence-corrected chi connectivity index (χ0v) is 20.3. The molecular weight excluding hydrogens is 454 g/mol. The normalized spacial score (nSPS) is 11.5. The molecule has 1 aromatic heterocycles.